The maximum absolute atomic E-state index is 12.6. The third-order valence-corrected chi connectivity index (χ3v) is 6.01. The average Bonchev–Trinajstić information content (AvgIpc) is 2.99. The molecule has 1 aliphatic rings. The monoisotopic (exact) mass is 439 g/mol. The van der Waals surface area contributed by atoms with Gasteiger partial charge in [0.15, 0.2) is 6.04 Å². The number of esters is 1. The minimum atomic E-state index is -1.41. The number of hydrogen-bond acceptors (Lipinski definition) is 8. The third-order valence-electron chi connectivity index (χ3n) is 4.51. The van der Waals surface area contributed by atoms with Crippen LogP contribution in [0.5, 0.6) is 0 Å². The maximum Gasteiger partial charge on any atom is 0.331 e. The van der Waals surface area contributed by atoms with E-state index in [1.165, 1.54) is 11.8 Å². The van der Waals surface area contributed by atoms with Gasteiger partial charge < -0.3 is 26.0 Å². The second kappa shape index (κ2) is 9.92. The SMILES string of the molecule is CC1(C)S[C@@H]([C@@H](NC(=O)Cc2ccccc2)C(=O)OC[C@H](N)C(=O)O)NC1C(=O)O. The fourth-order valence-corrected chi connectivity index (χ4v) is 4.40. The van der Waals surface area contributed by atoms with E-state index < -0.39 is 58.7 Å². The fourth-order valence-electron chi connectivity index (χ4n) is 2.92. The van der Waals surface area contributed by atoms with E-state index in [4.69, 9.17) is 15.6 Å². The lowest BCUT2D eigenvalue weighted by atomic mass is 10.0. The zero-order chi connectivity index (χ0) is 22.5. The van der Waals surface area contributed by atoms with Crippen LogP contribution in [0.25, 0.3) is 0 Å². The first-order valence-corrected chi connectivity index (χ1v) is 10.0. The summed E-state index contributed by atoms with van der Waals surface area (Å²) in [6, 6.07) is 5.25. The summed E-state index contributed by atoms with van der Waals surface area (Å²) in [7, 11) is 0. The number of amides is 1. The van der Waals surface area contributed by atoms with Crippen LogP contribution in [0, 0.1) is 0 Å². The van der Waals surface area contributed by atoms with E-state index in [-0.39, 0.29) is 6.42 Å². The zero-order valence-electron chi connectivity index (χ0n) is 16.5. The Morgan fingerprint density at radius 3 is 2.40 bits per heavy atom. The summed E-state index contributed by atoms with van der Waals surface area (Å²) in [4.78, 5) is 47.6. The first-order valence-electron chi connectivity index (χ1n) is 9.16. The van der Waals surface area contributed by atoms with Crippen LogP contribution in [0.2, 0.25) is 0 Å². The van der Waals surface area contributed by atoms with Crippen LogP contribution < -0.4 is 16.4 Å². The molecule has 6 N–H and O–H groups in total. The van der Waals surface area contributed by atoms with Crippen LogP contribution in [-0.2, 0) is 30.3 Å². The van der Waals surface area contributed by atoms with Gasteiger partial charge in [-0.05, 0) is 19.4 Å². The van der Waals surface area contributed by atoms with Crippen molar-refractivity contribution in [1.29, 1.82) is 0 Å². The molecule has 2 rings (SSSR count). The molecule has 4 atom stereocenters. The molecular weight excluding hydrogens is 414 g/mol. The van der Waals surface area contributed by atoms with Crippen molar-refractivity contribution in [1.82, 2.24) is 10.6 Å². The second-order valence-corrected chi connectivity index (χ2v) is 9.16. The molecule has 11 heteroatoms. The van der Waals surface area contributed by atoms with Gasteiger partial charge in [-0.1, -0.05) is 30.3 Å². The number of carboxylic acid groups (broad SMARTS) is 2. The predicted octanol–water partition coefficient (Wildman–Crippen LogP) is -0.437. The molecular formula is C19H25N3O7S. The summed E-state index contributed by atoms with van der Waals surface area (Å²) in [6.07, 6.45) is 0.00238. The molecule has 1 fully saturated rings. The zero-order valence-corrected chi connectivity index (χ0v) is 17.3. The molecule has 0 saturated carbocycles. The summed E-state index contributed by atoms with van der Waals surface area (Å²) in [6.45, 7) is 2.83. The summed E-state index contributed by atoms with van der Waals surface area (Å²) in [5, 5.41) is 22.9. The van der Waals surface area contributed by atoms with Gasteiger partial charge in [-0.15, -0.1) is 11.8 Å². The summed E-state index contributed by atoms with van der Waals surface area (Å²) in [5.41, 5.74) is 6.09. The van der Waals surface area contributed by atoms with Crippen LogP contribution in [0.1, 0.15) is 19.4 Å². The average molecular weight is 439 g/mol. The van der Waals surface area contributed by atoms with Gasteiger partial charge >= 0.3 is 17.9 Å². The van der Waals surface area contributed by atoms with E-state index in [0.717, 1.165) is 5.56 Å². The smallest absolute Gasteiger partial charge is 0.331 e. The van der Waals surface area contributed by atoms with E-state index in [1.807, 2.05) is 0 Å². The van der Waals surface area contributed by atoms with Gasteiger partial charge in [0.2, 0.25) is 5.91 Å². The number of ether oxygens (including phenoxy) is 1. The van der Waals surface area contributed by atoms with Crippen LogP contribution in [0.15, 0.2) is 30.3 Å². The fraction of sp³-hybridized carbons (Fsp3) is 0.474. The van der Waals surface area contributed by atoms with Crippen molar-refractivity contribution in [2.75, 3.05) is 6.61 Å². The Bertz CT molecular complexity index is 803. The first-order chi connectivity index (χ1) is 14.0. The van der Waals surface area contributed by atoms with Crippen molar-refractivity contribution in [3.63, 3.8) is 0 Å². The number of thioether (sulfide) groups is 1. The Labute approximate surface area is 177 Å². The van der Waals surface area contributed by atoms with Crippen LogP contribution in [0.3, 0.4) is 0 Å². The highest BCUT2D eigenvalue weighted by molar-refractivity contribution is 8.01. The van der Waals surface area contributed by atoms with Crippen LogP contribution in [-0.4, -0.2) is 68.9 Å². The molecule has 1 aromatic carbocycles. The number of carbonyl (C=O) groups is 4. The number of rotatable bonds is 9. The van der Waals surface area contributed by atoms with E-state index in [9.17, 15) is 24.3 Å². The lowest BCUT2D eigenvalue weighted by Gasteiger charge is -2.24. The molecule has 1 aliphatic heterocycles. The summed E-state index contributed by atoms with van der Waals surface area (Å²) < 4.78 is 4.23. The summed E-state index contributed by atoms with van der Waals surface area (Å²) >= 11 is 1.17. The number of benzene rings is 1. The van der Waals surface area contributed by atoms with E-state index in [0.29, 0.717) is 0 Å². The molecule has 30 heavy (non-hydrogen) atoms. The molecule has 1 amide bonds. The first kappa shape index (κ1) is 23.6. The molecule has 1 heterocycles. The third kappa shape index (κ3) is 6.18. The Kier molecular flexibility index (Phi) is 7.82. The number of aliphatic carboxylic acids is 2. The van der Waals surface area contributed by atoms with Gasteiger partial charge in [0.25, 0.3) is 0 Å². The predicted molar refractivity (Wildman–Crippen MR) is 109 cm³/mol. The van der Waals surface area contributed by atoms with Crippen LogP contribution in [0.4, 0.5) is 0 Å². The molecule has 1 saturated heterocycles. The van der Waals surface area contributed by atoms with Gasteiger partial charge in [-0.3, -0.25) is 19.7 Å². The minimum Gasteiger partial charge on any atom is -0.480 e. The molecule has 10 nitrogen and oxygen atoms in total. The molecule has 164 valence electrons. The maximum atomic E-state index is 12.6. The van der Waals surface area contributed by atoms with Crippen molar-refractivity contribution < 1.29 is 34.1 Å². The molecule has 1 aromatic rings. The number of carbonyl (C=O) groups excluding carboxylic acids is 2. The Hall–Kier alpha value is -2.63. The Balaban J connectivity index is 2.15. The van der Waals surface area contributed by atoms with Crippen molar-refractivity contribution in [3.8, 4) is 0 Å². The molecule has 0 bridgehead atoms. The standard InChI is InChI=1S/C19H25N3O7S/c1-19(2)14(17(26)27)22-15(30-19)13(18(28)29-9-11(20)16(24)25)21-12(23)8-10-6-4-3-5-7-10/h3-7,11,13-15,22H,8-9,20H2,1-2H3,(H,21,23)(H,24,25)(H,26,27)/t11-,13+,14?,15-/m0/s1. The van der Waals surface area contributed by atoms with E-state index in [1.54, 1.807) is 44.2 Å². The van der Waals surface area contributed by atoms with Gasteiger partial charge in [0, 0.05) is 4.75 Å². The number of nitrogens with one attached hydrogen (secondary N) is 2. The molecule has 0 aromatic heterocycles. The van der Waals surface area contributed by atoms with E-state index >= 15 is 0 Å². The summed E-state index contributed by atoms with van der Waals surface area (Å²) in [5.74, 6) is -3.80. The van der Waals surface area contributed by atoms with Gasteiger partial charge in [0.05, 0.1) is 11.8 Å². The van der Waals surface area contributed by atoms with Crippen molar-refractivity contribution in [2.24, 2.45) is 5.73 Å². The Morgan fingerprint density at radius 1 is 1.23 bits per heavy atom. The molecule has 0 aliphatic carbocycles. The van der Waals surface area contributed by atoms with Crippen molar-refractivity contribution >= 4 is 35.6 Å². The van der Waals surface area contributed by atoms with Crippen molar-refractivity contribution in [2.45, 2.75) is 48.5 Å². The largest absolute Gasteiger partial charge is 0.480 e. The van der Waals surface area contributed by atoms with Crippen LogP contribution >= 0.6 is 11.8 Å². The highest BCUT2D eigenvalue weighted by Gasteiger charge is 2.49. The molecule has 1 unspecified atom stereocenters. The Morgan fingerprint density at radius 2 is 1.87 bits per heavy atom. The lowest BCUT2D eigenvalue weighted by molar-refractivity contribution is -0.151. The normalized spacial score (nSPS) is 22.0. The van der Waals surface area contributed by atoms with Gasteiger partial charge in [-0.2, -0.15) is 0 Å². The van der Waals surface area contributed by atoms with Crippen molar-refractivity contribution in [3.05, 3.63) is 35.9 Å². The minimum absolute atomic E-state index is 0.00238. The molecule has 0 spiro atoms. The topological polar surface area (TPSA) is 168 Å². The number of carboxylic acids is 2. The van der Waals surface area contributed by atoms with Gasteiger partial charge in [-0.25, -0.2) is 4.79 Å². The van der Waals surface area contributed by atoms with Gasteiger partial charge in [0.1, 0.15) is 18.7 Å². The number of hydrogen-bond donors (Lipinski definition) is 5. The quantitative estimate of drug-likeness (QED) is 0.318. The van der Waals surface area contributed by atoms with E-state index in [2.05, 4.69) is 10.6 Å². The molecule has 0 radical (unpaired) electrons. The number of nitrogens with two attached hydrogens (primary N) is 1. The highest BCUT2D eigenvalue weighted by Crippen LogP contribution is 2.39. The highest BCUT2D eigenvalue weighted by atomic mass is 32.2. The lowest BCUT2D eigenvalue weighted by Crippen LogP contribution is -2.55. The second-order valence-electron chi connectivity index (χ2n) is 7.36.